The maximum absolute atomic E-state index is 12.5. The van der Waals surface area contributed by atoms with Crippen LogP contribution in [0.15, 0.2) is 47.5 Å². The highest BCUT2D eigenvalue weighted by atomic mass is 32.1. The van der Waals surface area contributed by atoms with Crippen molar-refractivity contribution in [1.29, 1.82) is 5.26 Å². The number of nitriles is 1. The molecule has 5 heteroatoms. The highest BCUT2D eigenvalue weighted by Crippen LogP contribution is 2.19. The van der Waals surface area contributed by atoms with Gasteiger partial charge in [-0.05, 0) is 55.3 Å². The smallest absolute Gasteiger partial charge is 0.279 e. The van der Waals surface area contributed by atoms with Gasteiger partial charge in [0.1, 0.15) is 0 Å². The van der Waals surface area contributed by atoms with E-state index in [-0.39, 0.29) is 5.91 Å². The van der Waals surface area contributed by atoms with E-state index in [2.05, 4.69) is 41.6 Å². The lowest BCUT2D eigenvalue weighted by atomic mass is 10.1. The summed E-state index contributed by atoms with van der Waals surface area (Å²) in [6.07, 6.45) is 0.970. The highest BCUT2D eigenvalue weighted by molar-refractivity contribution is 7.16. The number of hydrogen-bond donors (Lipinski definition) is 0. The summed E-state index contributed by atoms with van der Waals surface area (Å²) in [5.74, 6) is -0.285. The van der Waals surface area contributed by atoms with E-state index in [4.69, 9.17) is 5.26 Å². The van der Waals surface area contributed by atoms with Crippen molar-refractivity contribution in [3.63, 3.8) is 0 Å². The van der Waals surface area contributed by atoms with Gasteiger partial charge in [-0.1, -0.05) is 24.3 Å². The molecule has 3 aromatic rings. The summed E-state index contributed by atoms with van der Waals surface area (Å²) in [4.78, 5) is 17.5. The summed E-state index contributed by atoms with van der Waals surface area (Å²) in [6.45, 7) is 4.99. The van der Waals surface area contributed by atoms with Crippen molar-refractivity contribution in [3.05, 3.63) is 64.0 Å². The predicted molar refractivity (Wildman–Crippen MR) is 95.9 cm³/mol. The van der Waals surface area contributed by atoms with Crippen LogP contribution in [0.2, 0.25) is 0 Å². The topological polar surface area (TPSA) is 58.1 Å². The van der Waals surface area contributed by atoms with Gasteiger partial charge in [0.25, 0.3) is 5.91 Å². The first-order valence-corrected chi connectivity index (χ1v) is 8.63. The maximum Gasteiger partial charge on any atom is 0.279 e. The molecular formula is C19H17N3OS. The average Bonchev–Trinajstić information content (AvgIpc) is 2.91. The first-order valence-electron chi connectivity index (χ1n) is 7.81. The zero-order valence-electron chi connectivity index (χ0n) is 13.6. The van der Waals surface area contributed by atoms with E-state index < -0.39 is 0 Å². The van der Waals surface area contributed by atoms with E-state index in [0.29, 0.717) is 15.9 Å². The number of benzene rings is 2. The molecule has 0 saturated heterocycles. The van der Waals surface area contributed by atoms with Crippen LogP contribution in [0.3, 0.4) is 0 Å². The van der Waals surface area contributed by atoms with Crippen LogP contribution < -0.4 is 4.80 Å². The Bertz CT molecular complexity index is 1000. The van der Waals surface area contributed by atoms with Gasteiger partial charge >= 0.3 is 0 Å². The maximum atomic E-state index is 12.5. The molecule has 2 aromatic carbocycles. The van der Waals surface area contributed by atoms with Gasteiger partial charge in [-0.15, -0.1) is 0 Å². The van der Waals surface area contributed by atoms with Crippen LogP contribution >= 0.6 is 11.3 Å². The number of rotatable bonds is 3. The molecule has 3 rings (SSSR count). The van der Waals surface area contributed by atoms with Crippen molar-refractivity contribution >= 4 is 27.5 Å². The second kappa shape index (κ2) is 6.81. The molecule has 120 valence electrons. The molecule has 0 N–H and O–H groups in total. The van der Waals surface area contributed by atoms with Gasteiger partial charge in [-0.25, -0.2) is 0 Å². The Morgan fingerprint density at radius 1 is 1.25 bits per heavy atom. The molecule has 0 aliphatic carbocycles. The summed E-state index contributed by atoms with van der Waals surface area (Å²) >= 11 is 1.53. The number of aryl methyl sites for hydroxylation is 2. The molecule has 0 radical (unpaired) electrons. The minimum absolute atomic E-state index is 0.285. The van der Waals surface area contributed by atoms with Gasteiger partial charge in [0, 0.05) is 12.1 Å². The number of nitrogens with zero attached hydrogens (tertiary/aromatic N) is 3. The second-order valence-electron chi connectivity index (χ2n) is 5.61. The van der Waals surface area contributed by atoms with Crippen molar-refractivity contribution in [1.82, 2.24) is 4.57 Å². The molecule has 0 aliphatic heterocycles. The van der Waals surface area contributed by atoms with Gasteiger partial charge in [0.05, 0.1) is 21.8 Å². The van der Waals surface area contributed by atoms with Crippen molar-refractivity contribution in [2.75, 3.05) is 0 Å². The van der Waals surface area contributed by atoms with E-state index >= 15 is 0 Å². The monoisotopic (exact) mass is 335 g/mol. The molecule has 1 heterocycles. The van der Waals surface area contributed by atoms with E-state index in [9.17, 15) is 4.79 Å². The van der Waals surface area contributed by atoms with E-state index in [1.807, 2.05) is 6.07 Å². The molecule has 24 heavy (non-hydrogen) atoms. The van der Waals surface area contributed by atoms with Crippen LogP contribution in [0.1, 0.15) is 34.8 Å². The molecule has 0 bridgehead atoms. The summed E-state index contributed by atoms with van der Waals surface area (Å²) < 4.78 is 3.23. The van der Waals surface area contributed by atoms with Gasteiger partial charge in [0.2, 0.25) is 0 Å². The fraction of sp³-hybridized carbons (Fsp3) is 0.211. The molecular weight excluding hydrogens is 318 g/mol. The third-order valence-electron chi connectivity index (χ3n) is 3.74. The predicted octanol–water partition coefficient (Wildman–Crippen LogP) is 4.03. The molecule has 4 nitrogen and oxygen atoms in total. The minimum atomic E-state index is -0.285. The fourth-order valence-electron chi connectivity index (χ4n) is 2.54. The summed E-state index contributed by atoms with van der Waals surface area (Å²) in [7, 11) is 0. The zero-order valence-corrected chi connectivity index (χ0v) is 14.4. The normalized spacial score (nSPS) is 11.6. The number of amides is 1. The molecule has 0 fully saturated rings. The number of aromatic nitrogens is 1. The van der Waals surface area contributed by atoms with Crippen LogP contribution in [0.25, 0.3) is 10.2 Å². The lowest BCUT2D eigenvalue weighted by molar-refractivity contribution is 0.0998. The number of carbonyl (C=O) groups is 1. The average molecular weight is 335 g/mol. The number of hydrogen-bond acceptors (Lipinski definition) is 3. The Morgan fingerprint density at radius 2 is 2.00 bits per heavy atom. The molecule has 0 saturated carbocycles. The molecule has 1 aromatic heterocycles. The molecule has 0 atom stereocenters. The number of thiazole rings is 1. The lowest BCUT2D eigenvalue weighted by Gasteiger charge is -2.02. The Morgan fingerprint density at radius 3 is 2.67 bits per heavy atom. The summed E-state index contributed by atoms with van der Waals surface area (Å²) in [5.41, 5.74) is 3.33. The number of fused-ring (bicyclic) bond motifs is 1. The van der Waals surface area contributed by atoms with Crippen molar-refractivity contribution in [2.45, 2.75) is 26.8 Å². The third-order valence-corrected chi connectivity index (χ3v) is 4.78. The van der Waals surface area contributed by atoms with E-state index in [0.717, 1.165) is 23.2 Å². The molecule has 0 unspecified atom stereocenters. The van der Waals surface area contributed by atoms with Crippen LogP contribution in [0, 0.1) is 18.3 Å². The molecule has 1 amide bonds. The first kappa shape index (κ1) is 16.2. The van der Waals surface area contributed by atoms with Gasteiger partial charge in [-0.2, -0.15) is 10.3 Å². The van der Waals surface area contributed by atoms with Crippen molar-refractivity contribution < 1.29 is 4.79 Å². The van der Waals surface area contributed by atoms with Gasteiger partial charge < -0.3 is 4.57 Å². The Balaban J connectivity index is 2.09. The lowest BCUT2D eigenvalue weighted by Crippen LogP contribution is -2.16. The SMILES string of the molecule is CCCn1c(=NC(=O)c2ccc(C#N)cc2)sc2cc(C)ccc21. The van der Waals surface area contributed by atoms with Crippen LogP contribution in [-0.4, -0.2) is 10.5 Å². The summed E-state index contributed by atoms with van der Waals surface area (Å²) in [6, 6.07) is 14.9. The zero-order chi connectivity index (χ0) is 17.1. The standard InChI is InChI=1S/C19H17N3OS/c1-3-10-22-16-9-4-13(2)11-17(16)24-19(22)21-18(23)15-7-5-14(12-20)6-8-15/h4-9,11H,3,10H2,1-2H3. The Labute approximate surface area is 144 Å². The fourth-order valence-corrected chi connectivity index (χ4v) is 3.70. The Hall–Kier alpha value is -2.71. The highest BCUT2D eigenvalue weighted by Gasteiger charge is 2.09. The van der Waals surface area contributed by atoms with E-state index in [1.165, 1.54) is 16.9 Å². The van der Waals surface area contributed by atoms with Crippen LogP contribution in [0.5, 0.6) is 0 Å². The third kappa shape index (κ3) is 3.15. The Kier molecular flexibility index (Phi) is 4.59. The second-order valence-corrected chi connectivity index (χ2v) is 6.62. The largest absolute Gasteiger partial charge is 0.316 e. The minimum Gasteiger partial charge on any atom is -0.316 e. The quantitative estimate of drug-likeness (QED) is 0.725. The first-order chi connectivity index (χ1) is 11.6. The molecule has 0 aliphatic rings. The van der Waals surface area contributed by atoms with Crippen LogP contribution in [0.4, 0.5) is 0 Å². The van der Waals surface area contributed by atoms with Gasteiger partial charge in [-0.3, -0.25) is 4.79 Å². The van der Waals surface area contributed by atoms with Crippen LogP contribution in [-0.2, 0) is 6.54 Å². The van der Waals surface area contributed by atoms with Crippen molar-refractivity contribution in [2.24, 2.45) is 4.99 Å². The van der Waals surface area contributed by atoms with Gasteiger partial charge in [0.15, 0.2) is 4.80 Å². The number of carbonyl (C=O) groups excluding carboxylic acids is 1. The summed E-state index contributed by atoms with van der Waals surface area (Å²) in [5, 5.41) is 8.84. The van der Waals surface area contributed by atoms with E-state index in [1.54, 1.807) is 24.3 Å². The molecule has 0 spiro atoms. The van der Waals surface area contributed by atoms with Crippen molar-refractivity contribution in [3.8, 4) is 6.07 Å².